The Kier molecular flexibility index (Phi) is 7.90. The lowest BCUT2D eigenvalue weighted by Gasteiger charge is -2.22. The lowest BCUT2D eigenvalue weighted by atomic mass is 10.00. The standard InChI is InChI=1S/C22H35NO2PS/c1-2-3-10-19-15-17-22(18-16-19)27(24,25)23-26(20-11-6-4-7-12-20)21-13-8-5-9-14-21/h15-18,20-21H,2-14H2,1H3/q+1. The molecule has 0 saturated heterocycles. The molecule has 3 rings (SSSR count). The van der Waals surface area contributed by atoms with Crippen molar-refractivity contribution >= 4 is 17.7 Å². The van der Waals surface area contributed by atoms with Gasteiger partial charge in [0.1, 0.15) is 11.3 Å². The van der Waals surface area contributed by atoms with E-state index in [1.807, 2.05) is 12.1 Å². The molecule has 0 amide bonds. The van der Waals surface area contributed by atoms with Crippen LogP contribution in [0.4, 0.5) is 0 Å². The van der Waals surface area contributed by atoms with Crippen molar-refractivity contribution in [2.45, 2.75) is 107 Å². The van der Waals surface area contributed by atoms with Gasteiger partial charge in [-0.3, -0.25) is 0 Å². The molecule has 2 fully saturated rings. The van der Waals surface area contributed by atoms with Crippen LogP contribution >= 0.6 is 7.71 Å². The Labute approximate surface area is 166 Å². The molecule has 0 radical (unpaired) electrons. The number of unbranched alkanes of at least 4 members (excludes halogenated alkanes) is 1. The number of aryl methyl sites for hydroxylation is 1. The van der Waals surface area contributed by atoms with E-state index in [0.717, 1.165) is 19.3 Å². The summed E-state index contributed by atoms with van der Waals surface area (Å²) in [6, 6.07) is 7.50. The maximum Gasteiger partial charge on any atom is 0.316 e. The molecule has 0 heterocycles. The normalized spacial score (nSPS) is 19.7. The van der Waals surface area contributed by atoms with E-state index in [2.05, 4.69) is 11.1 Å². The van der Waals surface area contributed by atoms with Crippen LogP contribution in [0.3, 0.4) is 0 Å². The quantitative estimate of drug-likeness (QED) is 0.454. The number of hydrogen-bond acceptors (Lipinski definition) is 2. The van der Waals surface area contributed by atoms with Crippen LogP contribution in [0.5, 0.6) is 0 Å². The number of nitrogens with zero attached hydrogens (tertiary/aromatic N) is 1. The molecule has 2 saturated carbocycles. The minimum atomic E-state index is -3.54. The van der Waals surface area contributed by atoms with Crippen LogP contribution in [-0.2, 0) is 16.4 Å². The highest BCUT2D eigenvalue weighted by Gasteiger charge is 2.39. The molecular formula is C22H35NO2PS+. The van der Waals surface area contributed by atoms with E-state index < -0.39 is 17.7 Å². The van der Waals surface area contributed by atoms with Gasteiger partial charge in [0.2, 0.25) is 7.71 Å². The van der Waals surface area contributed by atoms with Crippen LogP contribution in [0.1, 0.15) is 89.5 Å². The van der Waals surface area contributed by atoms with Crippen molar-refractivity contribution in [3.8, 4) is 0 Å². The maximum absolute atomic E-state index is 13.1. The van der Waals surface area contributed by atoms with Crippen molar-refractivity contribution in [3.05, 3.63) is 29.8 Å². The molecule has 0 atom stereocenters. The molecule has 2 aliphatic rings. The molecule has 0 N–H and O–H groups in total. The number of hydrogen-bond donors (Lipinski definition) is 0. The van der Waals surface area contributed by atoms with E-state index >= 15 is 0 Å². The van der Waals surface area contributed by atoms with Gasteiger partial charge in [-0.2, -0.15) is 8.42 Å². The molecule has 2 aliphatic carbocycles. The summed E-state index contributed by atoms with van der Waals surface area (Å²) in [5, 5.41) is 0. The van der Waals surface area contributed by atoms with Crippen molar-refractivity contribution in [2.75, 3.05) is 0 Å². The summed E-state index contributed by atoms with van der Waals surface area (Å²) in [4.78, 5) is 0.391. The molecule has 1 aromatic rings. The highest BCUT2D eigenvalue weighted by Crippen LogP contribution is 2.50. The van der Waals surface area contributed by atoms with Gasteiger partial charge in [0.15, 0.2) is 0 Å². The first kappa shape index (κ1) is 21.0. The van der Waals surface area contributed by atoms with E-state index in [-0.39, 0.29) is 0 Å². The minimum absolute atomic E-state index is 0.391. The fourth-order valence-corrected chi connectivity index (χ4v) is 9.80. The highest BCUT2D eigenvalue weighted by atomic mass is 32.2. The van der Waals surface area contributed by atoms with Gasteiger partial charge in [-0.05, 0) is 81.9 Å². The SMILES string of the molecule is CCCCc1ccc(S(=O)(=O)N=[P+](C2CCCCC2)C2CCCCC2)cc1. The molecule has 0 aromatic heterocycles. The molecule has 1 aromatic carbocycles. The van der Waals surface area contributed by atoms with E-state index in [4.69, 9.17) is 0 Å². The van der Waals surface area contributed by atoms with Crippen molar-refractivity contribution < 1.29 is 8.42 Å². The van der Waals surface area contributed by atoms with Crippen molar-refractivity contribution in [3.63, 3.8) is 0 Å². The second-order valence-electron chi connectivity index (χ2n) is 8.27. The molecule has 150 valence electrons. The third-order valence-electron chi connectivity index (χ3n) is 6.14. The zero-order valence-corrected chi connectivity index (χ0v) is 18.5. The van der Waals surface area contributed by atoms with Crippen LogP contribution < -0.4 is 0 Å². The first-order valence-electron chi connectivity index (χ1n) is 11.0. The second-order valence-corrected chi connectivity index (χ2v) is 12.6. The lowest BCUT2D eigenvalue weighted by molar-refractivity contribution is 0.487. The predicted molar refractivity (Wildman–Crippen MR) is 115 cm³/mol. The average molecular weight is 409 g/mol. The van der Waals surface area contributed by atoms with Gasteiger partial charge in [-0.25, -0.2) is 0 Å². The van der Waals surface area contributed by atoms with Crippen LogP contribution in [0.15, 0.2) is 33.3 Å². The van der Waals surface area contributed by atoms with Crippen LogP contribution in [0.25, 0.3) is 0 Å². The van der Waals surface area contributed by atoms with Gasteiger partial charge in [0, 0.05) is 4.15 Å². The van der Waals surface area contributed by atoms with E-state index in [1.165, 1.54) is 69.8 Å². The summed E-state index contributed by atoms with van der Waals surface area (Å²) < 4.78 is 30.9. The predicted octanol–water partition coefficient (Wildman–Crippen LogP) is 7.05. The van der Waals surface area contributed by atoms with Crippen molar-refractivity contribution in [1.29, 1.82) is 0 Å². The van der Waals surface area contributed by atoms with Crippen molar-refractivity contribution in [2.24, 2.45) is 4.15 Å². The number of sulfonamides is 1. The number of benzene rings is 1. The van der Waals surface area contributed by atoms with Gasteiger partial charge in [-0.1, -0.05) is 38.3 Å². The Balaban J connectivity index is 1.84. The molecule has 27 heavy (non-hydrogen) atoms. The van der Waals surface area contributed by atoms with Gasteiger partial charge in [0.25, 0.3) is 0 Å². The molecule has 0 spiro atoms. The fraction of sp³-hybridized carbons (Fsp3) is 0.727. The Morgan fingerprint density at radius 3 is 1.89 bits per heavy atom. The van der Waals surface area contributed by atoms with Gasteiger partial charge in [0.05, 0.1) is 4.90 Å². The molecule has 0 bridgehead atoms. The van der Waals surface area contributed by atoms with Crippen LogP contribution in [0.2, 0.25) is 0 Å². The summed E-state index contributed by atoms with van der Waals surface area (Å²) in [7, 11) is -4.33. The topological polar surface area (TPSA) is 46.5 Å². The third-order valence-corrected chi connectivity index (χ3v) is 11.2. The number of rotatable bonds is 7. The monoisotopic (exact) mass is 408 g/mol. The van der Waals surface area contributed by atoms with Crippen LogP contribution in [-0.4, -0.2) is 19.7 Å². The smallest absolute Gasteiger partial charge is 0.196 e. The van der Waals surface area contributed by atoms with Crippen molar-refractivity contribution in [1.82, 2.24) is 0 Å². The minimum Gasteiger partial charge on any atom is -0.196 e. The Morgan fingerprint density at radius 2 is 1.41 bits per heavy atom. The maximum atomic E-state index is 13.1. The largest absolute Gasteiger partial charge is 0.316 e. The molecule has 0 aliphatic heterocycles. The average Bonchev–Trinajstić information content (AvgIpc) is 2.72. The summed E-state index contributed by atoms with van der Waals surface area (Å²) in [6.07, 6.45) is 15.6. The molecule has 0 unspecified atom stereocenters. The fourth-order valence-electron chi connectivity index (χ4n) is 4.50. The summed E-state index contributed by atoms with van der Waals surface area (Å²) in [5.74, 6) is 0. The Bertz CT molecular complexity index is 695. The molecular weight excluding hydrogens is 373 g/mol. The van der Waals surface area contributed by atoms with Crippen LogP contribution in [0, 0.1) is 0 Å². The lowest BCUT2D eigenvalue weighted by Crippen LogP contribution is -2.17. The van der Waals surface area contributed by atoms with E-state index in [1.54, 1.807) is 12.1 Å². The van der Waals surface area contributed by atoms with Gasteiger partial charge >= 0.3 is 10.0 Å². The Hall–Kier alpha value is -0.730. The molecule has 5 heteroatoms. The summed E-state index contributed by atoms with van der Waals surface area (Å²) in [5.41, 5.74) is 2.27. The van der Waals surface area contributed by atoms with Gasteiger partial charge < -0.3 is 0 Å². The Morgan fingerprint density at radius 1 is 0.889 bits per heavy atom. The highest BCUT2D eigenvalue weighted by molar-refractivity contribution is 7.92. The zero-order valence-electron chi connectivity index (χ0n) is 16.8. The summed E-state index contributed by atoms with van der Waals surface area (Å²) in [6.45, 7) is 2.18. The summed E-state index contributed by atoms with van der Waals surface area (Å²) >= 11 is 0. The van der Waals surface area contributed by atoms with E-state index in [0.29, 0.717) is 16.2 Å². The second kappa shape index (κ2) is 10.2. The third kappa shape index (κ3) is 5.87. The van der Waals surface area contributed by atoms with E-state index in [9.17, 15) is 8.42 Å². The molecule has 3 nitrogen and oxygen atoms in total. The first-order chi connectivity index (χ1) is 13.1. The first-order valence-corrected chi connectivity index (χ1v) is 13.8. The zero-order chi connectivity index (χ0) is 19.1. The van der Waals surface area contributed by atoms with Gasteiger partial charge in [-0.15, -0.1) is 0 Å².